The molecule has 1 aromatic carbocycles. The number of imidazole rings is 1. The summed E-state index contributed by atoms with van der Waals surface area (Å²) in [4.78, 5) is 24.0. The fraction of sp³-hybridized carbons (Fsp3) is 0.368. The van der Waals surface area contributed by atoms with Crippen LogP contribution in [0.3, 0.4) is 0 Å². The number of carbonyl (C=O) groups excluding carboxylic acids is 1. The van der Waals surface area contributed by atoms with Gasteiger partial charge in [0.1, 0.15) is 30.2 Å². The van der Waals surface area contributed by atoms with Crippen LogP contribution in [0.1, 0.15) is 24.3 Å². The number of nitrogens with two attached hydrogens (primary N) is 2. The van der Waals surface area contributed by atoms with E-state index in [1.165, 1.54) is 17.2 Å². The first-order valence-electron chi connectivity index (χ1n) is 10.1. The smallest absolute Gasteiger partial charge is 0.362 e. The van der Waals surface area contributed by atoms with Gasteiger partial charge in [-0.3, -0.25) is 13.5 Å². The maximum absolute atomic E-state index is 12.2. The van der Waals surface area contributed by atoms with Gasteiger partial charge in [0.15, 0.2) is 17.7 Å². The SMILES string of the molecule is Nc1ncnc2c1ncn2[C@@H]1O[C@H](COS(=O)(=O)NC(=O)C[C@H](N)c2ccccc2)[C@@H](O)[C@H]1O. The van der Waals surface area contributed by atoms with Crippen molar-refractivity contribution >= 4 is 33.2 Å². The summed E-state index contributed by atoms with van der Waals surface area (Å²) in [5, 5.41) is 20.8. The lowest BCUT2D eigenvalue weighted by molar-refractivity contribution is -0.119. The second-order valence-electron chi connectivity index (χ2n) is 7.61. The van der Waals surface area contributed by atoms with Crippen molar-refractivity contribution in [3.05, 3.63) is 48.5 Å². The molecule has 15 heteroatoms. The number of anilines is 1. The molecule has 0 aliphatic carbocycles. The molecule has 5 atom stereocenters. The van der Waals surface area contributed by atoms with Gasteiger partial charge in [-0.25, -0.2) is 19.7 Å². The highest BCUT2D eigenvalue weighted by atomic mass is 32.2. The molecule has 0 bridgehead atoms. The van der Waals surface area contributed by atoms with E-state index in [4.69, 9.17) is 20.4 Å². The maximum Gasteiger partial charge on any atom is 0.362 e. The molecule has 4 rings (SSSR count). The number of nitrogens with zero attached hydrogens (tertiary/aromatic N) is 4. The van der Waals surface area contributed by atoms with Crippen LogP contribution < -0.4 is 16.2 Å². The minimum absolute atomic E-state index is 0.116. The van der Waals surface area contributed by atoms with Crippen molar-refractivity contribution in [3.8, 4) is 0 Å². The lowest BCUT2D eigenvalue weighted by Gasteiger charge is -2.16. The number of amides is 1. The van der Waals surface area contributed by atoms with Gasteiger partial charge in [0.2, 0.25) is 5.91 Å². The Hall–Kier alpha value is -3.21. The van der Waals surface area contributed by atoms with Gasteiger partial charge in [0.05, 0.1) is 12.9 Å². The standard InChI is InChI=1S/C19H23N7O7S/c20-11(10-4-2-1-3-5-10)6-13(27)25-34(30,31)32-7-12-15(28)16(29)19(33-12)26-9-24-14-17(21)22-8-23-18(14)26/h1-5,8-9,11-12,15-16,19,28-29H,6-7,20H2,(H,25,27)(H2,21,22,23)/t11-,12+,15+,16+,19+/m0/s1. The van der Waals surface area contributed by atoms with E-state index in [0.29, 0.717) is 5.56 Å². The normalized spacial score (nSPS) is 23.7. The first-order valence-corrected chi connectivity index (χ1v) is 11.5. The molecule has 7 N–H and O–H groups in total. The minimum Gasteiger partial charge on any atom is -0.387 e. The molecular formula is C19H23N7O7S. The van der Waals surface area contributed by atoms with E-state index in [-0.39, 0.29) is 23.4 Å². The fourth-order valence-electron chi connectivity index (χ4n) is 3.54. The van der Waals surface area contributed by atoms with Crippen molar-refractivity contribution in [2.45, 2.75) is 37.0 Å². The number of aromatic nitrogens is 4. The van der Waals surface area contributed by atoms with Crippen LogP contribution in [0.5, 0.6) is 0 Å². The number of ether oxygens (including phenoxy) is 1. The molecule has 182 valence electrons. The molecule has 1 saturated heterocycles. The van der Waals surface area contributed by atoms with Gasteiger partial charge in [-0.05, 0) is 5.56 Å². The predicted molar refractivity (Wildman–Crippen MR) is 117 cm³/mol. The van der Waals surface area contributed by atoms with E-state index in [1.54, 1.807) is 35.1 Å². The monoisotopic (exact) mass is 493 g/mol. The number of nitrogen functional groups attached to an aromatic ring is 1. The average molecular weight is 494 g/mol. The summed E-state index contributed by atoms with van der Waals surface area (Å²) in [6.45, 7) is -0.675. The zero-order chi connectivity index (χ0) is 24.5. The second-order valence-corrected chi connectivity index (χ2v) is 8.96. The Morgan fingerprint density at radius 3 is 2.68 bits per heavy atom. The molecule has 1 fully saturated rings. The van der Waals surface area contributed by atoms with Crippen molar-refractivity contribution in [1.29, 1.82) is 0 Å². The summed E-state index contributed by atoms with van der Waals surface area (Å²) < 4.78 is 37.9. The van der Waals surface area contributed by atoms with Crippen molar-refractivity contribution in [2.75, 3.05) is 12.3 Å². The summed E-state index contributed by atoms with van der Waals surface area (Å²) in [5.74, 6) is -0.755. The van der Waals surface area contributed by atoms with Crippen molar-refractivity contribution in [3.63, 3.8) is 0 Å². The van der Waals surface area contributed by atoms with E-state index in [2.05, 4.69) is 15.0 Å². The molecule has 1 aliphatic heterocycles. The molecule has 0 spiro atoms. The van der Waals surface area contributed by atoms with Gasteiger partial charge in [-0.15, -0.1) is 0 Å². The van der Waals surface area contributed by atoms with Crippen molar-refractivity contribution in [2.24, 2.45) is 5.73 Å². The van der Waals surface area contributed by atoms with Crippen LogP contribution in [0, 0.1) is 0 Å². The number of fused-ring (bicyclic) bond motifs is 1. The number of benzene rings is 1. The van der Waals surface area contributed by atoms with Gasteiger partial charge in [-0.2, -0.15) is 8.42 Å². The minimum atomic E-state index is -4.53. The van der Waals surface area contributed by atoms with Crippen LogP contribution in [-0.2, 0) is 24.0 Å². The summed E-state index contributed by atoms with van der Waals surface area (Å²) >= 11 is 0. The fourth-order valence-corrected chi connectivity index (χ4v) is 4.27. The Morgan fingerprint density at radius 1 is 1.21 bits per heavy atom. The number of carbonyl (C=O) groups is 1. The van der Waals surface area contributed by atoms with Crippen LogP contribution >= 0.6 is 0 Å². The molecule has 1 aliphatic rings. The Kier molecular flexibility index (Phi) is 6.74. The zero-order valence-electron chi connectivity index (χ0n) is 17.6. The number of hydrogen-bond acceptors (Lipinski definition) is 12. The molecule has 0 saturated carbocycles. The Bertz CT molecular complexity index is 1270. The largest absolute Gasteiger partial charge is 0.387 e. The Balaban J connectivity index is 1.36. The van der Waals surface area contributed by atoms with Gasteiger partial charge in [-0.1, -0.05) is 30.3 Å². The molecule has 34 heavy (non-hydrogen) atoms. The van der Waals surface area contributed by atoms with Crippen LogP contribution in [0.15, 0.2) is 43.0 Å². The van der Waals surface area contributed by atoms with Gasteiger partial charge in [0.25, 0.3) is 0 Å². The highest BCUT2D eigenvalue weighted by molar-refractivity contribution is 7.85. The number of hydrogen-bond donors (Lipinski definition) is 5. The average Bonchev–Trinajstić information content (AvgIpc) is 3.35. The lowest BCUT2D eigenvalue weighted by Crippen LogP contribution is -2.38. The quantitative estimate of drug-likeness (QED) is 0.242. The van der Waals surface area contributed by atoms with Crippen LogP contribution in [0.25, 0.3) is 11.2 Å². The number of aliphatic hydroxyl groups is 2. The van der Waals surface area contributed by atoms with Crippen LogP contribution in [-0.4, -0.2) is 69.0 Å². The van der Waals surface area contributed by atoms with Crippen LogP contribution in [0.2, 0.25) is 0 Å². The second kappa shape index (κ2) is 9.57. The van der Waals surface area contributed by atoms with E-state index in [9.17, 15) is 23.4 Å². The number of aliphatic hydroxyl groups excluding tert-OH is 2. The third-order valence-corrected chi connectivity index (χ3v) is 6.18. The van der Waals surface area contributed by atoms with Crippen LogP contribution in [0.4, 0.5) is 5.82 Å². The first-order chi connectivity index (χ1) is 16.2. The van der Waals surface area contributed by atoms with Crippen molar-refractivity contribution in [1.82, 2.24) is 24.2 Å². The number of nitrogens with one attached hydrogen (secondary N) is 1. The summed E-state index contributed by atoms with van der Waals surface area (Å²) in [7, 11) is -4.53. The topological polar surface area (TPSA) is 218 Å². The van der Waals surface area contributed by atoms with E-state index < -0.39 is 53.4 Å². The Morgan fingerprint density at radius 2 is 1.94 bits per heavy atom. The molecule has 0 radical (unpaired) electrons. The summed E-state index contributed by atoms with van der Waals surface area (Å²) in [6, 6.07) is 8.00. The van der Waals surface area contributed by atoms with E-state index in [1.807, 2.05) is 0 Å². The van der Waals surface area contributed by atoms with E-state index >= 15 is 0 Å². The molecule has 3 aromatic rings. The third-order valence-electron chi connectivity index (χ3n) is 5.26. The number of rotatable bonds is 8. The molecule has 2 aromatic heterocycles. The molecular weight excluding hydrogens is 470 g/mol. The van der Waals surface area contributed by atoms with Gasteiger partial charge < -0.3 is 26.4 Å². The first kappa shape index (κ1) is 23.9. The predicted octanol–water partition coefficient (Wildman–Crippen LogP) is -1.50. The zero-order valence-corrected chi connectivity index (χ0v) is 18.4. The summed E-state index contributed by atoms with van der Waals surface area (Å²) in [6.07, 6.45) is -3.14. The lowest BCUT2D eigenvalue weighted by atomic mass is 10.1. The molecule has 14 nitrogen and oxygen atoms in total. The molecule has 0 unspecified atom stereocenters. The molecule has 3 heterocycles. The Labute approximate surface area is 193 Å². The van der Waals surface area contributed by atoms with Crippen molar-refractivity contribution < 1.29 is 32.3 Å². The maximum atomic E-state index is 12.2. The third kappa shape index (κ3) is 4.98. The molecule has 1 amide bonds. The highest BCUT2D eigenvalue weighted by Gasteiger charge is 2.45. The van der Waals surface area contributed by atoms with E-state index in [0.717, 1.165) is 0 Å². The van der Waals surface area contributed by atoms with Gasteiger partial charge in [0, 0.05) is 12.5 Å². The van der Waals surface area contributed by atoms with Gasteiger partial charge >= 0.3 is 10.3 Å². The summed E-state index contributed by atoms with van der Waals surface area (Å²) in [5.41, 5.74) is 12.9. The highest BCUT2D eigenvalue weighted by Crippen LogP contribution is 2.32.